The lowest BCUT2D eigenvalue weighted by Crippen LogP contribution is -2.04. The highest BCUT2D eigenvalue weighted by molar-refractivity contribution is 6.32. The van der Waals surface area contributed by atoms with Crippen LogP contribution in [0.4, 0.5) is 0 Å². The lowest BCUT2D eigenvalue weighted by atomic mass is 10.4. The van der Waals surface area contributed by atoms with Crippen LogP contribution >= 0.6 is 11.6 Å². The molecule has 15 heavy (non-hydrogen) atoms. The summed E-state index contributed by atoms with van der Waals surface area (Å²) in [5.41, 5.74) is 0.493. The molecule has 0 saturated heterocycles. The zero-order valence-electron chi connectivity index (χ0n) is 7.51. The lowest BCUT2D eigenvalue weighted by molar-refractivity contribution is -0.136. The maximum atomic E-state index is 10.5. The van der Waals surface area contributed by atoms with Gasteiger partial charge in [0.15, 0.2) is 5.15 Å². The van der Waals surface area contributed by atoms with Crippen LogP contribution in [0.1, 0.15) is 5.82 Å². The summed E-state index contributed by atoms with van der Waals surface area (Å²) in [6.07, 6.45) is 1.32. The van der Waals surface area contributed by atoms with Gasteiger partial charge in [0.2, 0.25) is 0 Å². The largest absolute Gasteiger partial charge is 0.508 e. The van der Waals surface area contributed by atoms with Crippen LogP contribution < -0.4 is 0 Å². The van der Waals surface area contributed by atoms with Gasteiger partial charge in [-0.1, -0.05) is 11.6 Å². The minimum absolute atomic E-state index is 0.0613. The third-order valence-electron chi connectivity index (χ3n) is 1.96. The molecular weight excluding hydrogens is 220 g/mol. The Balaban J connectivity index is 2.62. The van der Waals surface area contributed by atoms with Crippen LogP contribution in [0, 0.1) is 0 Å². The number of pyridine rings is 1. The zero-order chi connectivity index (χ0) is 11.0. The molecule has 2 aromatic heterocycles. The molecule has 2 N–H and O–H groups in total. The summed E-state index contributed by atoms with van der Waals surface area (Å²) in [6.45, 7) is 0. The second-order valence-corrected chi connectivity index (χ2v) is 3.39. The monoisotopic (exact) mass is 226 g/mol. The molecule has 2 heterocycles. The van der Waals surface area contributed by atoms with E-state index >= 15 is 0 Å². The molecule has 0 spiro atoms. The molecule has 0 fully saturated rings. The number of carboxylic acid groups (broad SMARTS) is 1. The first kappa shape index (κ1) is 9.79. The first-order valence-electron chi connectivity index (χ1n) is 4.15. The van der Waals surface area contributed by atoms with Crippen molar-refractivity contribution in [2.24, 2.45) is 0 Å². The lowest BCUT2D eigenvalue weighted by Gasteiger charge is -1.98. The highest BCUT2D eigenvalue weighted by atomic mass is 35.5. The summed E-state index contributed by atoms with van der Waals surface area (Å²) in [5, 5.41) is 18.1. The first-order valence-corrected chi connectivity index (χ1v) is 4.53. The van der Waals surface area contributed by atoms with E-state index in [1.807, 2.05) is 0 Å². The molecule has 0 atom stereocenters. The molecule has 78 valence electrons. The van der Waals surface area contributed by atoms with Gasteiger partial charge in [-0.05, 0) is 6.07 Å². The average Bonchev–Trinajstić information content (AvgIpc) is 2.42. The van der Waals surface area contributed by atoms with Gasteiger partial charge in [-0.25, -0.2) is 4.98 Å². The Labute approximate surface area is 89.6 Å². The van der Waals surface area contributed by atoms with E-state index in [1.165, 1.54) is 22.7 Å². The van der Waals surface area contributed by atoms with Crippen LogP contribution in [-0.4, -0.2) is 25.6 Å². The molecule has 0 amide bonds. The Bertz CT molecular complexity index is 535. The number of aromatic hydroxyl groups is 1. The predicted molar refractivity (Wildman–Crippen MR) is 53.2 cm³/mol. The Morgan fingerprint density at radius 2 is 2.33 bits per heavy atom. The van der Waals surface area contributed by atoms with Crippen LogP contribution in [0.5, 0.6) is 5.75 Å². The zero-order valence-corrected chi connectivity index (χ0v) is 8.27. The smallest absolute Gasteiger partial charge is 0.311 e. The van der Waals surface area contributed by atoms with Gasteiger partial charge in [0, 0.05) is 12.3 Å². The Kier molecular flexibility index (Phi) is 2.24. The molecular formula is C9H7ClN2O3. The summed E-state index contributed by atoms with van der Waals surface area (Å²) in [6, 6.07) is 2.87. The Morgan fingerprint density at radius 3 is 3.00 bits per heavy atom. The maximum absolute atomic E-state index is 10.5. The minimum Gasteiger partial charge on any atom is -0.508 e. The molecule has 2 aromatic rings. The fourth-order valence-corrected chi connectivity index (χ4v) is 1.60. The number of imidazole rings is 1. The Hall–Kier alpha value is -1.75. The fourth-order valence-electron chi connectivity index (χ4n) is 1.36. The standard InChI is InChI=1S/C9H7ClN2O3/c10-9-6-3-5(13)1-2-12(6)7(11-9)4-8(14)15/h1-3,13H,4H2,(H,14,15). The molecule has 6 heteroatoms. The summed E-state index contributed by atoms with van der Waals surface area (Å²) in [4.78, 5) is 14.5. The van der Waals surface area contributed by atoms with Gasteiger partial charge in [0.25, 0.3) is 0 Å². The van der Waals surface area contributed by atoms with Gasteiger partial charge >= 0.3 is 5.97 Å². The first-order chi connectivity index (χ1) is 7.08. The molecule has 0 aromatic carbocycles. The number of carbonyl (C=O) groups is 1. The third kappa shape index (κ3) is 1.73. The van der Waals surface area contributed by atoms with Crippen LogP contribution in [0.2, 0.25) is 5.15 Å². The van der Waals surface area contributed by atoms with Crippen molar-refractivity contribution in [1.29, 1.82) is 0 Å². The van der Waals surface area contributed by atoms with Gasteiger partial charge in [-0.15, -0.1) is 0 Å². The van der Waals surface area contributed by atoms with E-state index in [0.717, 1.165) is 0 Å². The number of aliphatic carboxylic acids is 1. The molecule has 0 saturated carbocycles. The molecule has 0 aliphatic carbocycles. The highest BCUT2D eigenvalue weighted by Crippen LogP contribution is 2.22. The van der Waals surface area contributed by atoms with Gasteiger partial charge in [-0.2, -0.15) is 0 Å². The van der Waals surface area contributed by atoms with Crippen LogP contribution in [0.15, 0.2) is 18.3 Å². The van der Waals surface area contributed by atoms with Crippen molar-refractivity contribution < 1.29 is 15.0 Å². The number of rotatable bonds is 2. The van der Waals surface area contributed by atoms with Crippen molar-refractivity contribution in [1.82, 2.24) is 9.38 Å². The van der Waals surface area contributed by atoms with Crippen molar-refractivity contribution >= 4 is 23.1 Å². The van der Waals surface area contributed by atoms with Crippen molar-refractivity contribution in [3.63, 3.8) is 0 Å². The second kappa shape index (κ2) is 3.43. The van der Waals surface area contributed by atoms with Gasteiger partial charge in [-0.3, -0.25) is 4.79 Å². The van der Waals surface area contributed by atoms with Crippen LogP contribution in [-0.2, 0) is 11.2 Å². The van der Waals surface area contributed by atoms with E-state index < -0.39 is 5.97 Å². The van der Waals surface area contributed by atoms with E-state index in [0.29, 0.717) is 11.3 Å². The van der Waals surface area contributed by atoms with Gasteiger partial charge < -0.3 is 14.6 Å². The SMILES string of the molecule is O=C(O)Cc1nc(Cl)c2cc(O)ccn12. The molecule has 0 radical (unpaired) electrons. The maximum Gasteiger partial charge on any atom is 0.311 e. The van der Waals surface area contributed by atoms with Crippen molar-refractivity contribution in [2.75, 3.05) is 0 Å². The van der Waals surface area contributed by atoms with Crippen LogP contribution in [0.25, 0.3) is 5.52 Å². The van der Waals surface area contributed by atoms with E-state index in [4.69, 9.17) is 16.7 Å². The van der Waals surface area contributed by atoms with Gasteiger partial charge in [0.05, 0.1) is 5.52 Å². The number of carboxylic acids is 1. The number of fused-ring (bicyclic) bond motifs is 1. The molecule has 0 aliphatic heterocycles. The van der Waals surface area contributed by atoms with E-state index in [1.54, 1.807) is 0 Å². The molecule has 0 aliphatic rings. The van der Waals surface area contributed by atoms with E-state index in [9.17, 15) is 9.90 Å². The molecule has 5 nitrogen and oxygen atoms in total. The fraction of sp³-hybridized carbons (Fsp3) is 0.111. The van der Waals surface area contributed by atoms with Crippen molar-refractivity contribution in [3.05, 3.63) is 29.3 Å². The summed E-state index contributed by atoms with van der Waals surface area (Å²) in [7, 11) is 0. The topological polar surface area (TPSA) is 74.8 Å². The number of hydrogen-bond donors (Lipinski definition) is 2. The summed E-state index contributed by atoms with van der Waals surface area (Å²) < 4.78 is 1.54. The normalized spacial score (nSPS) is 10.7. The third-order valence-corrected chi connectivity index (χ3v) is 2.24. The number of hydrogen-bond acceptors (Lipinski definition) is 3. The van der Waals surface area contributed by atoms with Crippen molar-refractivity contribution in [3.8, 4) is 5.75 Å². The van der Waals surface area contributed by atoms with Crippen molar-refractivity contribution in [2.45, 2.75) is 6.42 Å². The minimum atomic E-state index is -0.980. The van der Waals surface area contributed by atoms with E-state index in [-0.39, 0.29) is 17.3 Å². The van der Waals surface area contributed by atoms with Gasteiger partial charge in [0.1, 0.15) is 18.0 Å². The second-order valence-electron chi connectivity index (χ2n) is 3.03. The highest BCUT2D eigenvalue weighted by Gasteiger charge is 2.12. The quantitative estimate of drug-likeness (QED) is 0.810. The summed E-state index contributed by atoms with van der Waals surface area (Å²) in [5.74, 6) is -0.583. The summed E-state index contributed by atoms with van der Waals surface area (Å²) >= 11 is 5.80. The van der Waals surface area contributed by atoms with Crippen LogP contribution in [0.3, 0.4) is 0 Å². The Morgan fingerprint density at radius 1 is 1.60 bits per heavy atom. The number of aromatic nitrogens is 2. The predicted octanol–water partition coefficient (Wildman–Crippen LogP) is 1.32. The van der Waals surface area contributed by atoms with E-state index in [2.05, 4.69) is 4.98 Å². The average molecular weight is 227 g/mol. The molecule has 0 bridgehead atoms. The molecule has 0 unspecified atom stereocenters. The molecule has 2 rings (SSSR count). The number of halogens is 1. The number of nitrogens with zero attached hydrogens (tertiary/aromatic N) is 2.